The van der Waals surface area contributed by atoms with Crippen LogP contribution in [0.4, 0.5) is 5.69 Å². The number of halogens is 1. The lowest BCUT2D eigenvalue weighted by atomic mass is 9.81. The Morgan fingerprint density at radius 2 is 2.17 bits per heavy atom. The van der Waals surface area contributed by atoms with Crippen LogP contribution < -0.4 is 10.6 Å². The van der Waals surface area contributed by atoms with Gasteiger partial charge >= 0.3 is 0 Å². The van der Waals surface area contributed by atoms with E-state index in [0.29, 0.717) is 11.0 Å². The van der Waals surface area contributed by atoms with Gasteiger partial charge in [-0.2, -0.15) is 5.26 Å². The molecule has 0 aliphatic carbocycles. The van der Waals surface area contributed by atoms with Crippen LogP contribution in [0.25, 0.3) is 0 Å². The number of rotatable bonds is 3. The van der Waals surface area contributed by atoms with E-state index in [-0.39, 0.29) is 0 Å². The average molecular weight is 308 g/mol. The minimum atomic E-state index is 0.360. The first-order chi connectivity index (χ1) is 8.63. The molecule has 0 amide bonds. The highest BCUT2D eigenvalue weighted by Gasteiger charge is 2.26. The summed E-state index contributed by atoms with van der Waals surface area (Å²) in [6.07, 6.45) is 2.40. The van der Waals surface area contributed by atoms with Gasteiger partial charge in [-0.05, 0) is 65.5 Å². The van der Waals surface area contributed by atoms with Gasteiger partial charge in [-0.3, -0.25) is 0 Å². The first kappa shape index (κ1) is 13.4. The predicted molar refractivity (Wildman–Crippen MR) is 77.6 cm³/mol. The fraction of sp³-hybridized carbons (Fsp3) is 0.500. The third-order valence-electron chi connectivity index (χ3n) is 3.61. The lowest BCUT2D eigenvalue weighted by molar-refractivity contribution is 0.247. The van der Waals surface area contributed by atoms with Crippen LogP contribution in [0, 0.1) is 16.7 Å². The van der Waals surface area contributed by atoms with Crippen molar-refractivity contribution in [1.82, 2.24) is 5.32 Å². The molecular formula is C14H18BrN3. The van der Waals surface area contributed by atoms with E-state index in [1.54, 1.807) is 0 Å². The monoisotopic (exact) mass is 307 g/mol. The van der Waals surface area contributed by atoms with Gasteiger partial charge in [0.15, 0.2) is 0 Å². The van der Waals surface area contributed by atoms with Crippen molar-refractivity contribution in [3.8, 4) is 6.07 Å². The van der Waals surface area contributed by atoms with Crippen LogP contribution in [0.2, 0.25) is 0 Å². The molecule has 96 valence electrons. The van der Waals surface area contributed by atoms with Crippen LogP contribution in [0.15, 0.2) is 22.7 Å². The zero-order chi connectivity index (χ0) is 13.0. The SMILES string of the molecule is CC1(CNc2ccc(C#N)cc2Br)CCNCC1. The summed E-state index contributed by atoms with van der Waals surface area (Å²) in [6, 6.07) is 7.81. The molecular weight excluding hydrogens is 290 g/mol. The quantitative estimate of drug-likeness (QED) is 0.902. The third-order valence-corrected chi connectivity index (χ3v) is 4.27. The molecule has 0 unspecified atom stereocenters. The number of nitrogens with one attached hydrogen (secondary N) is 2. The van der Waals surface area contributed by atoms with Gasteiger partial charge in [-0.15, -0.1) is 0 Å². The molecule has 1 fully saturated rings. The number of benzene rings is 1. The second kappa shape index (κ2) is 5.73. The van der Waals surface area contributed by atoms with E-state index in [9.17, 15) is 0 Å². The van der Waals surface area contributed by atoms with E-state index in [1.807, 2.05) is 18.2 Å². The molecule has 1 aliphatic heterocycles. The number of nitrogens with zero attached hydrogens (tertiary/aromatic N) is 1. The smallest absolute Gasteiger partial charge is 0.0992 e. The van der Waals surface area contributed by atoms with Crippen molar-refractivity contribution in [3.63, 3.8) is 0 Å². The Kier molecular flexibility index (Phi) is 4.26. The molecule has 2 N–H and O–H groups in total. The summed E-state index contributed by atoms with van der Waals surface area (Å²) in [4.78, 5) is 0. The van der Waals surface area contributed by atoms with Crippen LogP contribution >= 0.6 is 15.9 Å². The summed E-state index contributed by atoms with van der Waals surface area (Å²) in [5.74, 6) is 0. The lowest BCUT2D eigenvalue weighted by Crippen LogP contribution is -2.39. The van der Waals surface area contributed by atoms with Crippen molar-refractivity contribution in [2.75, 3.05) is 25.0 Å². The van der Waals surface area contributed by atoms with E-state index < -0.39 is 0 Å². The molecule has 1 aromatic rings. The molecule has 0 atom stereocenters. The first-order valence-corrected chi connectivity index (χ1v) is 7.06. The lowest BCUT2D eigenvalue weighted by Gasteiger charge is -2.34. The van der Waals surface area contributed by atoms with Crippen molar-refractivity contribution in [2.45, 2.75) is 19.8 Å². The van der Waals surface area contributed by atoms with Gasteiger partial charge in [0.1, 0.15) is 0 Å². The van der Waals surface area contributed by atoms with Crippen LogP contribution in [0.5, 0.6) is 0 Å². The van der Waals surface area contributed by atoms with Crippen molar-refractivity contribution >= 4 is 21.6 Å². The molecule has 0 bridgehead atoms. The predicted octanol–water partition coefficient (Wildman–Crippen LogP) is 3.12. The van der Waals surface area contributed by atoms with Gasteiger partial charge in [-0.1, -0.05) is 6.92 Å². The molecule has 3 nitrogen and oxygen atoms in total. The Morgan fingerprint density at radius 1 is 1.44 bits per heavy atom. The maximum atomic E-state index is 8.83. The van der Waals surface area contributed by atoms with Gasteiger partial charge in [0, 0.05) is 16.7 Å². The Bertz CT molecular complexity index is 459. The molecule has 1 heterocycles. The third kappa shape index (κ3) is 3.24. The minimum absolute atomic E-state index is 0.360. The van der Waals surface area contributed by atoms with E-state index in [1.165, 1.54) is 12.8 Å². The maximum Gasteiger partial charge on any atom is 0.0992 e. The normalized spacial score (nSPS) is 18.1. The second-order valence-corrected chi connectivity index (χ2v) is 6.07. The van der Waals surface area contributed by atoms with Crippen molar-refractivity contribution in [2.24, 2.45) is 5.41 Å². The second-order valence-electron chi connectivity index (χ2n) is 5.22. The number of hydrogen-bond acceptors (Lipinski definition) is 3. The van der Waals surface area contributed by atoms with E-state index in [2.05, 4.69) is 39.6 Å². The molecule has 0 aromatic heterocycles. The Morgan fingerprint density at radius 3 is 2.78 bits per heavy atom. The highest BCUT2D eigenvalue weighted by atomic mass is 79.9. The minimum Gasteiger partial charge on any atom is -0.384 e. The summed E-state index contributed by atoms with van der Waals surface area (Å²) in [7, 11) is 0. The van der Waals surface area contributed by atoms with Crippen LogP contribution in [0.3, 0.4) is 0 Å². The number of hydrogen-bond donors (Lipinski definition) is 2. The molecule has 4 heteroatoms. The van der Waals surface area contributed by atoms with Crippen molar-refractivity contribution in [3.05, 3.63) is 28.2 Å². The maximum absolute atomic E-state index is 8.83. The summed E-state index contributed by atoms with van der Waals surface area (Å²) in [6.45, 7) is 5.51. The molecule has 0 saturated carbocycles. The topological polar surface area (TPSA) is 47.9 Å². The largest absolute Gasteiger partial charge is 0.384 e. The van der Waals surface area contributed by atoms with Crippen molar-refractivity contribution < 1.29 is 0 Å². The molecule has 2 rings (SSSR count). The molecule has 1 saturated heterocycles. The van der Waals surface area contributed by atoms with Gasteiger partial charge in [-0.25, -0.2) is 0 Å². The molecule has 0 spiro atoms. The van der Waals surface area contributed by atoms with Crippen LogP contribution in [-0.4, -0.2) is 19.6 Å². The van der Waals surface area contributed by atoms with Crippen LogP contribution in [-0.2, 0) is 0 Å². The fourth-order valence-corrected chi connectivity index (χ4v) is 2.76. The summed E-state index contributed by atoms with van der Waals surface area (Å²) in [5.41, 5.74) is 2.10. The fourth-order valence-electron chi connectivity index (χ4n) is 2.24. The van der Waals surface area contributed by atoms with Crippen molar-refractivity contribution in [1.29, 1.82) is 5.26 Å². The number of piperidine rings is 1. The van der Waals surface area contributed by atoms with Gasteiger partial charge < -0.3 is 10.6 Å². The van der Waals surface area contributed by atoms with Crippen LogP contribution in [0.1, 0.15) is 25.3 Å². The highest BCUT2D eigenvalue weighted by Crippen LogP contribution is 2.30. The van der Waals surface area contributed by atoms with Gasteiger partial charge in [0.25, 0.3) is 0 Å². The molecule has 18 heavy (non-hydrogen) atoms. The Balaban J connectivity index is 2.00. The standard InChI is InChI=1S/C14H18BrN3/c1-14(4-6-17-7-5-14)10-18-13-3-2-11(9-16)8-12(13)15/h2-3,8,17-18H,4-7,10H2,1H3. The van der Waals surface area contributed by atoms with Gasteiger partial charge in [0.2, 0.25) is 0 Å². The van der Waals surface area contributed by atoms with E-state index >= 15 is 0 Å². The molecule has 0 radical (unpaired) electrons. The zero-order valence-corrected chi connectivity index (χ0v) is 12.2. The van der Waals surface area contributed by atoms with Gasteiger partial charge in [0.05, 0.1) is 11.6 Å². The number of nitriles is 1. The van der Waals surface area contributed by atoms with E-state index in [0.717, 1.165) is 29.8 Å². The first-order valence-electron chi connectivity index (χ1n) is 6.27. The van der Waals surface area contributed by atoms with E-state index in [4.69, 9.17) is 5.26 Å². The number of anilines is 1. The zero-order valence-electron chi connectivity index (χ0n) is 10.6. The Hall–Kier alpha value is -1.05. The average Bonchev–Trinajstić information content (AvgIpc) is 2.38. The highest BCUT2D eigenvalue weighted by molar-refractivity contribution is 9.10. The Labute approximate surface area is 117 Å². The molecule has 1 aliphatic rings. The summed E-state index contributed by atoms with van der Waals surface area (Å²) >= 11 is 3.50. The summed E-state index contributed by atoms with van der Waals surface area (Å²) in [5, 5.41) is 15.7. The summed E-state index contributed by atoms with van der Waals surface area (Å²) < 4.78 is 0.957. The molecule has 1 aromatic carbocycles.